The van der Waals surface area contributed by atoms with Gasteiger partial charge in [0.05, 0.1) is 11.6 Å². The number of amides is 1. The van der Waals surface area contributed by atoms with Crippen molar-refractivity contribution in [2.24, 2.45) is 0 Å². The van der Waals surface area contributed by atoms with Gasteiger partial charge in [0.15, 0.2) is 0 Å². The Morgan fingerprint density at radius 3 is 2.48 bits per heavy atom. The van der Waals surface area contributed by atoms with E-state index in [-0.39, 0.29) is 5.91 Å². The molecule has 0 saturated carbocycles. The minimum atomic E-state index is 0.0733. The van der Waals surface area contributed by atoms with Gasteiger partial charge in [0.25, 0.3) is 5.91 Å². The lowest BCUT2D eigenvalue weighted by Crippen LogP contribution is -2.37. The van der Waals surface area contributed by atoms with Crippen LogP contribution in [-0.2, 0) is 0 Å². The smallest absolute Gasteiger partial charge is 0.253 e. The standard InChI is InChI=1S/C17H16N2OS/c18-12-13-3-5-15(6-4-13)17(20)19-9-7-14(8-10-19)16-2-1-11-21-16/h1-6,11,14H,7-10H2. The number of piperidine rings is 1. The number of nitriles is 1. The van der Waals surface area contributed by atoms with Crippen LogP contribution >= 0.6 is 11.3 Å². The fourth-order valence-corrected chi connectivity index (χ4v) is 3.66. The molecule has 1 aliphatic rings. The average Bonchev–Trinajstić information content (AvgIpc) is 3.09. The Labute approximate surface area is 128 Å². The molecule has 0 bridgehead atoms. The Morgan fingerprint density at radius 2 is 1.90 bits per heavy atom. The normalized spacial score (nSPS) is 15.7. The molecule has 1 saturated heterocycles. The van der Waals surface area contributed by atoms with Gasteiger partial charge in [-0.1, -0.05) is 6.07 Å². The molecule has 1 aromatic heterocycles. The van der Waals surface area contributed by atoms with Crippen LogP contribution in [0.3, 0.4) is 0 Å². The van der Waals surface area contributed by atoms with Gasteiger partial charge in [0.1, 0.15) is 0 Å². The van der Waals surface area contributed by atoms with Gasteiger partial charge < -0.3 is 4.90 Å². The second-order valence-corrected chi connectivity index (χ2v) is 6.25. The number of benzene rings is 1. The first kappa shape index (κ1) is 13.8. The molecule has 21 heavy (non-hydrogen) atoms. The van der Waals surface area contributed by atoms with Gasteiger partial charge >= 0.3 is 0 Å². The first-order chi connectivity index (χ1) is 10.3. The first-order valence-electron chi connectivity index (χ1n) is 7.11. The summed E-state index contributed by atoms with van der Waals surface area (Å²) in [4.78, 5) is 15.8. The highest BCUT2D eigenvalue weighted by molar-refractivity contribution is 7.10. The van der Waals surface area contributed by atoms with Crippen LogP contribution in [-0.4, -0.2) is 23.9 Å². The zero-order valence-corrected chi connectivity index (χ0v) is 12.5. The topological polar surface area (TPSA) is 44.1 Å². The summed E-state index contributed by atoms with van der Waals surface area (Å²) in [5.74, 6) is 0.666. The Kier molecular flexibility index (Phi) is 4.03. The van der Waals surface area contributed by atoms with E-state index in [9.17, 15) is 4.79 Å². The fourth-order valence-electron chi connectivity index (χ4n) is 2.76. The highest BCUT2D eigenvalue weighted by Crippen LogP contribution is 2.31. The lowest BCUT2D eigenvalue weighted by Gasteiger charge is -2.31. The van der Waals surface area contributed by atoms with Crippen molar-refractivity contribution in [3.05, 3.63) is 57.8 Å². The third-order valence-corrected chi connectivity index (χ3v) is 5.02. The largest absolute Gasteiger partial charge is 0.339 e. The third kappa shape index (κ3) is 2.98. The van der Waals surface area contributed by atoms with Crippen molar-refractivity contribution in [3.8, 4) is 6.07 Å². The number of nitrogens with zero attached hydrogens (tertiary/aromatic N) is 2. The summed E-state index contributed by atoms with van der Waals surface area (Å²) in [6, 6.07) is 13.2. The van der Waals surface area contributed by atoms with E-state index in [0.717, 1.165) is 25.9 Å². The highest BCUT2D eigenvalue weighted by Gasteiger charge is 2.24. The summed E-state index contributed by atoms with van der Waals surface area (Å²) in [5.41, 5.74) is 1.26. The molecule has 0 spiro atoms. The summed E-state index contributed by atoms with van der Waals surface area (Å²) in [6.45, 7) is 1.61. The van der Waals surface area contributed by atoms with Crippen LogP contribution in [0.4, 0.5) is 0 Å². The molecule has 4 heteroatoms. The molecular weight excluding hydrogens is 280 g/mol. The summed E-state index contributed by atoms with van der Waals surface area (Å²) in [5, 5.41) is 10.9. The summed E-state index contributed by atoms with van der Waals surface area (Å²) >= 11 is 1.81. The van der Waals surface area contributed by atoms with Crippen molar-refractivity contribution in [1.29, 1.82) is 5.26 Å². The fraction of sp³-hybridized carbons (Fsp3) is 0.294. The van der Waals surface area contributed by atoms with Crippen LogP contribution in [0.2, 0.25) is 0 Å². The number of rotatable bonds is 2. The average molecular weight is 296 g/mol. The summed E-state index contributed by atoms with van der Waals surface area (Å²) in [7, 11) is 0. The number of carbonyl (C=O) groups excluding carboxylic acids is 1. The van der Waals surface area contributed by atoms with E-state index in [1.54, 1.807) is 35.6 Å². The van der Waals surface area contributed by atoms with Crippen LogP contribution in [0.5, 0.6) is 0 Å². The molecular formula is C17H16N2OS. The van der Waals surface area contributed by atoms with Crippen molar-refractivity contribution in [3.63, 3.8) is 0 Å². The van der Waals surface area contributed by atoms with E-state index >= 15 is 0 Å². The van der Waals surface area contributed by atoms with E-state index in [1.165, 1.54) is 4.88 Å². The summed E-state index contributed by atoms with van der Waals surface area (Å²) < 4.78 is 0. The molecule has 1 aromatic carbocycles. The number of hydrogen-bond acceptors (Lipinski definition) is 3. The maximum Gasteiger partial charge on any atom is 0.253 e. The molecule has 0 unspecified atom stereocenters. The highest BCUT2D eigenvalue weighted by atomic mass is 32.1. The number of likely N-dealkylation sites (tertiary alicyclic amines) is 1. The van der Waals surface area contributed by atoms with Crippen LogP contribution in [0.15, 0.2) is 41.8 Å². The zero-order valence-electron chi connectivity index (χ0n) is 11.7. The van der Waals surface area contributed by atoms with Crippen molar-refractivity contribution in [1.82, 2.24) is 4.90 Å². The molecule has 106 valence electrons. The molecule has 0 N–H and O–H groups in total. The van der Waals surface area contributed by atoms with Crippen LogP contribution in [0.1, 0.15) is 39.6 Å². The molecule has 0 aliphatic carbocycles. The minimum Gasteiger partial charge on any atom is -0.339 e. The maximum atomic E-state index is 12.4. The van der Waals surface area contributed by atoms with Crippen LogP contribution in [0.25, 0.3) is 0 Å². The van der Waals surface area contributed by atoms with Gasteiger partial charge in [-0.3, -0.25) is 4.79 Å². The van der Waals surface area contributed by atoms with Gasteiger partial charge in [-0.15, -0.1) is 11.3 Å². The number of thiophene rings is 1. The molecule has 0 atom stereocenters. The molecule has 1 amide bonds. The molecule has 0 radical (unpaired) electrons. The van der Waals surface area contributed by atoms with Crippen molar-refractivity contribution < 1.29 is 4.79 Å². The first-order valence-corrected chi connectivity index (χ1v) is 7.99. The van der Waals surface area contributed by atoms with E-state index in [2.05, 4.69) is 23.6 Å². The second-order valence-electron chi connectivity index (χ2n) is 5.27. The van der Waals surface area contributed by atoms with Gasteiger partial charge in [-0.2, -0.15) is 5.26 Å². The van der Waals surface area contributed by atoms with Crippen LogP contribution < -0.4 is 0 Å². The lowest BCUT2D eigenvalue weighted by molar-refractivity contribution is 0.0714. The Balaban J connectivity index is 1.63. The predicted octanol–water partition coefficient (Wildman–Crippen LogP) is 3.64. The Morgan fingerprint density at radius 1 is 1.19 bits per heavy atom. The molecule has 2 heterocycles. The lowest BCUT2D eigenvalue weighted by atomic mass is 9.95. The Bertz CT molecular complexity index is 647. The zero-order chi connectivity index (χ0) is 14.7. The Hall–Kier alpha value is -2.12. The van der Waals surface area contributed by atoms with E-state index in [1.807, 2.05) is 4.90 Å². The monoisotopic (exact) mass is 296 g/mol. The molecule has 1 fully saturated rings. The van der Waals surface area contributed by atoms with E-state index < -0.39 is 0 Å². The maximum absolute atomic E-state index is 12.4. The minimum absolute atomic E-state index is 0.0733. The number of carbonyl (C=O) groups is 1. The van der Waals surface area contributed by atoms with E-state index in [4.69, 9.17) is 5.26 Å². The van der Waals surface area contributed by atoms with Crippen LogP contribution in [0, 0.1) is 11.3 Å². The van der Waals surface area contributed by atoms with Crippen molar-refractivity contribution >= 4 is 17.2 Å². The van der Waals surface area contributed by atoms with Crippen molar-refractivity contribution in [2.75, 3.05) is 13.1 Å². The van der Waals surface area contributed by atoms with Gasteiger partial charge in [0.2, 0.25) is 0 Å². The molecule has 1 aliphatic heterocycles. The summed E-state index contributed by atoms with van der Waals surface area (Å²) in [6.07, 6.45) is 2.06. The van der Waals surface area contributed by atoms with Gasteiger partial charge in [-0.25, -0.2) is 0 Å². The number of hydrogen-bond donors (Lipinski definition) is 0. The van der Waals surface area contributed by atoms with Crippen molar-refractivity contribution in [2.45, 2.75) is 18.8 Å². The molecule has 3 rings (SSSR count). The second kappa shape index (κ2) is 6.11. The predicted molar refractivity (Wildman–Crippen MR) is 83.4 cm³/mol. The third-order valence-electron chi connectivity index (χ3n) is 3.99. The SMILES string of the molecule is N#Cc1ccc(C(=O)N2CCC(c3cccs3)CC2)cc1. The molecule has 3 nitrogen and oxygen atoms in total. The molecule has 2 aromatic rings. The quantitative estimate of drug-likeness (QED) is 0.849. The van der Waals surface area contributed by atoms with Gasteiger partial charge in [-0.05, 0) is 54.5 Å². The van der Waals surface area contributed by atoms with E-state index in [0.29, 0.717) is 17.0 Å². The van der Waals surface area contributed by atoms with Gasteiger partial charge in [0, 0.05) is 23.5 Å².